The number of ether oxygens (including phenoxy) is 2. The van der Waals surface area contributed by atoms with E-state index in [4.69, 9.17) is 172 Å². The van der Waals surface area contributed by atoms with Crippen LogP contribution in [0.2, 0.25) is 0 Å². The maximum atomic E-state index is 6.59. The average molecular weight is 887 g/mol. The summed E-state index contributed by atoms with van der Waals surface area (Å²) in [6.07, 6.45) is -0.269. The average Bonchev–Trinajstić information content (AvgIpc) is 3.01. The van der Waals surface area contributed by atoms with Crippen molar-refractivity contribution in [2.45, 2.75) is 109 Å². The minimum absolute atomic E-state index is 0.0468. The molecule has 0 aliphatic heterocycles. The van der Waals surface area contributed by atoms with Gasteiger partial charge in [-0.1, -0.05) is 55.8 Å². The molecule has 0 N–H and O–H groups in total. The molecule has 0 fully saturated rings. The number of benzene rings is 1. The number of alkyl halides is 14. The smallest absolute Gasteiger partial charge is 0.149 e. The van der Waals surface area contributed by atoms with Gasteiger partial charge in [0.05, 0.1) is 89.2 Å². The lowest BCUT2D eigenvalue weighted by Crippen LogP contribution is -2.49. The van der Waals surface area contributed by atoms with Crippen LogP contribution >= 0.6 is 162 Å². The van der Waals surface area contributed by atoms with E-state index in [1.165, 1.54) is 0 Å². The summed E-state index contributed by atoms with van der Waals surface area (Å²) in [6, 6.07) is 9.71. The van der Waals surface area contributed by atoms with Crippen molar-refractivity contribution in [2.75, 3.05) is 6.61 Å². The van der Waals surface area contributed by atoms with Crippen molar-refractivity contribution in [1.82, 2.24) is 0 Å². The van der Waals surface area contributed by atoms with E-state index in [2.05, 4.69) is 0 Å². The fraction of sp³-hybridized carbons (Fsp3) is 0.778. The zero-order valence-corrected chi connectivity index (χ0v) is 33.7. The van der Waals surface area contributed by atoms with E-state index in [-0.39, 0.29) is 18.6 Å². The van der Waals surface area contributed by atoms with E-state index in [9.17, 15) is 0 Å². The highest BCUT2D eigenvalue weighted by molar-refractivity contribution is 6.45. The van der Waals surface area contributed by atoms with Crippen LogP contribution in [0, 0.1) is 5.92 Å². The summed E-state index contributed by atoms with van der Waals surface area (Å²) in [7, 11) is 0. The monoisotopic (exact) mass is 880 g/mol. The Morgan fingerprint density at radius 2 is 0.767 bits per heavy atom. The van der Waals surface area contributed by atoms with Crippen LogP contribution in [0.25, 0.3) is 0 Å². The van der Waals surface area contributed by atoms with Crippen molar-refractivity contribution in [3.63, 3.8) is 0 Å². The molecule has 0 bridgehead atoms. The number of halogens is 14. The second-order valence-electron chi connectivity index (χ2n) is 10.3. The molecule has 1 aromatic rings. The van der Waals surface area contributed by atoms with Gasteiger partial charge >= 0.3 is 0 Å². The van der Waals surface area contributed by atoms with Gasteiger partial charge in [0.25, 0.3) is 0 Å². The summed E-state index contributed by atoms with van der Waals surface area (Å²) in [4.78, 5) is 0. The van der Waals surface area contributed by atoms with E-state index in [1.807, 2.05) is 51.1 Å². The molecule has 252 valence electrons. The van der Waals surface area contributed by atoms with Gasteiger partial charge in [0.2, 0.25) is 0 Å². The summed E-state index contributed by atoms with van der Waals surface area (Å²) in [5, 5.41) is -11.9. The lowest BCUT2D eigenvalue weighted by atomic mass is 9.99. The van der Waals surface area contributed by atoms with E-state index >= 15 is 0 Å². The first-order chi connectivity index (χ1) is 19.9. The molecule has 0 radical (unpaired) electrons. The predicted molar refractivity (Wildman–Crippen MR) is 196 cm³/mol. The lowest BCUT2D eigenvalue weighted by Gasteiger charge is -2.35. The van der Waals surface area contributed by atoms with Crippen LogP contribution in [0.4, 0.5) is 0 Å². The maximum absolute atomic E-state index is 6.59. The molecule has 1 rings (SSSR count). The van der Waals surface area contributed by atoms with Gasteiger partial charge in [-0.3, -0.25) is 0 Å². The molecule has 0 heterocycles. The number of hydrogen-bond acceptors (Lipinski definition) is 2. The Hall–Kier alpha value is 3.20. The van der Waals surface area contributed by atoms with Crippen LogP contribution in [-0.4, -0.2) is 88.2 Å². The second-order valence-corrected chi connectivity index (χ2v) is 17.3. The van der Waals surface area contributed by atoms with E-state index in [1.54, 1.807) is 0 Å². The predicted octanol–water partition coefficient (Wildman–Crippen LogP) is 11.7. The van der Waals surface area contributed by atoms with Crippen molar-refractivity contribution in [2.24, 2.45) is 5.92 Å². The van der Waals surface area contributed by atoms with Crippen molar-refractivity contribution in [3.05, 3.63) is 35.9 Å². The number of hydrogen-bond donors (Lipinski definition) is 0. The van der Waals surface area contributed by atoms with Crippen LogP contribution in [0.5, 0.6) is 0 Å². The lowest BCUT2D eigenvalue weighted by molar-refractivity contribution is -0.0239. The molecule has 15 unspecified atom stereocenters. The first-order valence-electron chi connectivity index (χ1n) is 13.2. The molecule has 0 spiro atoms. The Kier molecular flexibility index (Phi) is 22.7. The Labute approximate surface area is 326 Å². The molecule has 0 amide bonds. The molecule has 16 heteroatoms. The minimum Gasteiger partial charge on any atom is -0.371 e. The molecule has 0 aliphatic rings. The number of rotatable bonds is 20. The standard InChI is InChI=1S/C27H34Cl14O2/c1-11(2)14(28)15(29)16(30)17(31)18(32)19(33)20(34)21(35)22(36)23(37)24(38)25(39)26(40)27(41)43-9-12(3)42-10-13-7-5-4-6-8-13/h4-8,11-12,14-27H,9-10H2,1-3H3. The van der Waals surface area contributed by atoms with Gasteiger partial charge in [-0.25, -0.2) is 0 Å². The van der Waals surface area contributed by atoms with Crippen LogP contribution < -0.4 is 0 Å². The fourth-order valence-corrected chi connectivity index (χ4v) is 8.69. The molecule has 1 aromatic carbocycles. The Morgan fingerprint density at radius 3 is 1.12 bits per heavy atom. The molecular formula is C27H34Cl14O2. The van der Waals surface area contributed by atoms with Gasteiger partial charge in [-0.15, -0.1) is 151 Å². The van der Waals surface area contributed by atoms with Crippen molar-refractivity contribution in [3.8, 4) is 0 Å². The van der Waals surface area contributed by atoms with Gasteiger partial charge in [-0.2, -0.15) is 0 Å². The maximum Gasteiger partial charge on any atom is 0.149 e. The first-order valence-corrected chi connectivity index (χ1v) is 19.3. The molecule has 43 heavy (non-hydrogen) atoms. The third-order valence-electron chi connectivity index (χ3n) is 6.41. The van der Waals surface area contributed by atoms with Gasteiger partial charge in [0.15, 0.2) is 0 Å². The van der Waals surface area contributed by atoms with E-state index in [0.29, 0.717) is 6.61 Å². The molecule has 0 saturated carbocycles. The Balaban J connectivity index is 2.69. The van der Waals surface area contributed by atoms with E-state index in [0.717, 1.165) is 5.56 Å². The normalized spacial score (nSPS) is 23.1. The summed E-state index contributed by atoms with van der Waals surface area (Å²) >= 11 is 91.2. The topological polar surface area (TPSA) is 18.5 Å². The highest BCUT2D eigenvalue weighted by Crippen LogP contribution is 2.39. The highest BCUT2D eigenvalue weighted by atomic mass is 35.5. The molecule has 15 atom stereocenters. The van der Waals surface area contributed by atoms with Crippen molar-refractivity contribution < 1.29 is 9.47 Å². The summed E-state index contributed by atoms with van der Waals surface area (Å²) in [5.74, 6) is 0.0468. The molecule has 0 saturated heterocycles. The largest absolute Gasteiger partial charge is 0.371 e. The summed E-state index contributed by atoms with van der Waals surface area (Å²) in [5.41, 5.74) is 0.0157. The minimum atomic E-state index is -1.03. The third-order valence-corrected chi connectivity index (χ3v) is 15.7. The zero-order valence-electron chi connectivity index (χ0n) is 23.1. The van der Waals surface area contributed by atoms with Gasteiger partial charge in [-0.05, 0) is 18.4 Å². The van der Waals surface area contributed by atoms with Gasteiger partial charge < -0.3 is 9.47 Å². The fourth-order valence-electron chi connectivity index (χ4n) is 3.62. The van der Waals surface area contributed by atoms with Crippen LogP contribution in [0.3, 0.4) is 0 Å². The van der Waals surface area contributed by atoms with Gasteiger partial charge in [0.1, 0.15) is 5.56 Å². The molecule has 0 aliphatic carbocycles. The summed E-state index contributed by atoms with van der Waals surface area (Å²) in [6.45, 7) is 6.24. The Bertz CT molecular complexity index is 888. The molecule has 0 aromatic heterocycles. The van der Waals surface area contributed by atoms with Crippen molar-refractivity contribution >= 4 is 162 Å². The molecular weight excluding hydrogens is 853 g/mol. The Morgan fingerprint density at radius 1 is 0.442 bits per heavy atom. The second kappa shape index (κ2) is 22.1. The molecule has 2 nitrogen and oxygen atoms in total. The van der Waals surface area contributed by atoms with E-state index < -0.39 is 75.5 Å². The first kappa shape index (κ1) is 44.2. The van der Waals surface area contributed by atoms with Crippen LogP contribution in [-0.2, 0) is 16.1 Å². The quantitative estimate of drug-likeness (QED) is 0.122. The zero-order chi connectivity index (χ0) is 33.2. The summed E-state index contributed by atoms with van der Waals surface area (Å²) < 4.78 is 11.4. The third kappa shape index (κ3) is 14.2. The van der Waals surface area contributed by atoms with Gasteiger partial charge in [0, 0.05) is 0 Å². The SMILES string of the molecule is CC(COC(Cl)C(Cl)C(Cl)C(Cl)C(Cl)C(Cl)C(Cl)C(Cl)C(Cl)C(Cl)C(Cl)C(Cl)C(Cl)C(Cl)C(C)C)OCc1ccccc1. The van der Waals surface area contributed by atoms with Crippen LogP contribution in [0.1, 0.15) is 26.3 Å². The van der Waals surface area contributed by atoms with Crippen LogP contribution in [0.15, 0.2) is 30.3 Å². The van der Waals surface area contributed by atoms with Crippen molar-refractivity contribution in [1.29, 1.82) is 0 Å². The highest BCUT2D eigenvalue weighted by Gasteiger charge is 2.45.